The average molecular weight is 1780 g/mol. The molecular weight excluding hydrogens is 1660 g/mol. The van der Waals surface area contributed by atoms with Gasteiger partial charge in [-0.2, -0.15) is 0 Å². The van der Waals surface area contributed by atoms with Crippen LogP contribution in [0.3, 0.4) is 0 Å². The molecule has 15 heteroatoms. The number of rotatable bonds is 38. The van der Waals surface area contributed by atoms with Gasteiger partial charge in [0.25, 0.3) is 0 Å². The van der Waals surface area contributed by atoms with Gasteiger partial charge in [0.2, 0.25) is 0 Å². The van der Waals surface area contributed by atoms with Gasteiger partial charge in [-0.1, -0.05) is 0 Å². The van der Waals surface area contributed by atoms with Gasteiger partial charge in [-0.05, 0) is 54.7 Å². The van der Waals surface area contributed by atoms with E-state index >= 15 is 0 Å². The minimum Gasteiger partial charge on any atom is -0.235 e. The van der Waals surface area contributed by atoms with E-state index < -0.39 is 76.3 Å². The first-order valence-electron chi connectivity index (χ1n) is 32.0. The van der Waals surface area contributed by atoms with Crippen LogP contribution in [0.5, 0.6) is 0 Å². The van der Waals surface area contributed by atoms with Crippen LogP contribution in [0.15, 0.2) is 35.5 Å². The van der Waals surface area contributed by atoms with Crippen LogP contribution >= 0.6 is 93.1 Å². The Bertz CT molecular complexity index is 1610. The number of hydrogen-bond donors (Lipinski definition) is 0. The molecule has 4 nitrogen and oxygen atoms in total. The second-order valence-electron chi connectivity index (χ2n) is 21.9. The maximum Gasteiger partial charge on any atom is 0.117 e. The van der Waals surface area contributed by atoms with Crippen molar-refractivity contribution >= 4 is 176 Å². The standard InChI is InChI=1S/C4H4BrNS.2C4H4NS.12C4H9.C3HBr2NS.4Sn/c1-3-6-4(5)2-7-3;2*1-4-5-2-3-6-4;12*1-3-4-2;4-2-1-7-3(5)6-2;;;;/h2H,1H3;3H,1H3;2H,1H3;12*1,3-4H2,2H3;1H;;;;. The number of aryl methyl sites for hydroxylation is 3. The van der Waals surface area contributed by atoms with Crippen molar-refractivity contribution in [2.45, 2.75) is 311 Å². The van der Waals surface area contributed by atoms with Crippen molar-refractivity contribution in [3.63, 3.8) is 0 Å². The molecule has 0 N–H and O–H groups in total. The number of thiazole rings is 4. The molecular formula is C63H121Br3N4S4Sn4. The Hall–Kier alpha value is 3.15. The van der Waals surface area contributed by atoms with Gasteiger partial charge < -0.3 is 0 Å². The van der Waals surface area contributed by atoms with E-state index in [1.165, 1.54) is 177 Å². The van der Waals surface area contributed by atoms with E-state index in [-0.39, 0.29) is 0 Å². The molecule has 78 heavy (non-hydrogen) atoms. The Morgan fingerprint density at radius 2 is 0.679 bits per heavy atom. The Balaban J connectivity index is 0. The van der Waals surface area contributed by atoms with Gasteiger partial charge in [-0.3, -0.25) is 0 Å². The summed E-state index contributed by atoms with van der Waals surface area (Å²) in [5.74, 6) is 0. The van der Waals surface area contributed by atoms with E-state index in [1.54, 1.807) is 69.2 Å². The molecule has 0 bridgehead atoms. The van der Waals surface area contributed by atoms with E-state index in [4.69, 9.17) is 4.98 Å². The molecule has 4 aromatic rings. The Morgan fingerprint density at radius 1 is 0.372 bits per heavy atom. The third-order valence-electron chi connectivity index (χ3n) is 14.7. The first-order valence-corrected chi connectivity index (χ1v) is 64.9. The van der Waals surface area contributed by atoms with Gasteiger partial charge in [0.05, 0.1) is 5.01 Å². The molecule has 0 aromatic carbocycles. The maximum atomic E-state index is 4.95. The Morgan fingerprint density at radius 3 is 0.885 bits per heavy atom. The molecule has 0 amide bonds. The molecule has 0 saturated carbocycles. The minimum absolute atomic E-state index is 0.839. The van der Waals surface area contributed by atoms with Gasteiger partial charge in [0.1, 0.15) is 9.21 Å². The smallest absolute Gasteiger partial charge is 0.117 e. The van der Waals surface area contributed by atoms with Crippen molar-refractivity contribution in [3.05, 3.63) is 50.5 Å². The summed E-state index contributed by atoms with van der Waals surface area (Å²) in [6, 6.07) is 0. The van der Waals surface area contributed by atoms with Crippen LogP contribution in [-0.4, -0.2) is 96.2 Å². The molecule has 2 radical (unpaired) electrons. The van der Waals surface area contributed by atoms with Crippen LogP contribution < -0.4 is 6.60 Å². The zero-order chi connectivity index (χ0) is 58.7. The fraction of sp³-hybridized carbons (Fsp3) is 0.810. The summed E-state index contributed by atoms with van der Waals surface area (Å²) < 4.78 is 25.5. The van der Waals surface area contributed by atoms with Crippen molar-refractivity contribution in [3.8, 4) is 0 Å². The third-order valence-corrected chi connectivity index (χ3v) is 71.9. The monoisotopic (exact) mass is 1780 g/mol. The predicted molar refractivity (Wildman–Crippen MR) is 385 cm³/mol. The second kappa shape index (κ2) is 57.9. The summed E-state index contributed by atoms with van der Waals surface area (Å²) in [6.07, 6.45) is 36.7. The van der Waals surface area contributed by atoms with E-state index in [2.05, 4.69) is 171 Å². The minimum atomic E-state index is -2.18. The van der Waals surface area contributed by atoms with E-state index in [0.29, 0.717) is 0 Å². The molecule has 0 unspecified atom stereocenters. The number of unbranched alkanes of at least 4 members (excludes halogenated alkanes) is 12. The van der Waals surface area contributed by atoms with Crippen molar-refractivity contribution in [2.24, 2.45) is 0 Å². The van der Waals surface area contributed by atoms with E-state index in [9.17, 15) is 0 Å². The summed E-state index contributed by atoms with van der Waals surface area (Å²) in [4.78, 5) is 17.5. The zero-order valence-electron chi connectivity index (χ0n) is 53.3. The quantitative estimate of drug-likeness (QED) is 0.0420. The molecule has 0 fully saturated rings. The number of halogens is 3. The first kappa shape index (κ1) is 83.2. The van der Waals surface area contributed by atoms with Crippen molar-refractivity contribution in [1.82, 2.24) is 19.9 Å². The van der Waals surface area contributed by atoms with E-state index in [1.807, 2.05) is 40.4 Å². The molecule has 4 rings (SSSR count). The molecule has 0 atom stereocenters. The summed E-state index contributed by atoms with van der Waals surface area (Å²) in [5, 5.41) is 9.97. The summed E-state index contributed by atoms with van der Waals surface area (Å²) in [7, 11) is 0. The number of hydrogen-bond acceptors (Lipinski definition) is 8. The molecule has 0 saturated heterocycles. The molecule has 0 aliphatic heterocycles. The van der Waals surface area contributed by atoms with E-state index in [0.717, 1.165) is 18.1 Å². The first-order chi connectivity index (χ1) is 37.6. The molecule has 0 aliphatic carbocycles. The predicted octanol–water partition coefficient (Wildman–Crippen LogP) is 25.7. The van der Waals surface area contributed by atoms with Crippen LogP contribution in [-0.2, 0) is 0 Å². The van der Waals surface area contributed by atoms with Gasteiger partial charge in [0.15, 0.2) is 3.92 Å². The average Bonchev–Trinajstić information content (AvgIpc) is 4.28. The zero-order valence-corrected chi connectivity index (χ0v) is 72.8. The van der Waals surface area contributed by atoms with Crippen LogP contribution in [0.2, 0.25) is 53.2 Å². The topological polar surface area (TPSA) is 51.6 Å². The maximum absolute atomic E-state index is 4.95. The van der Waals surface area contributed by atoms with Crippen LogP contribution in [0, 0.1) is 20.8 Å². The summed E-state index contributed by atoms with van der Waals surface area (Å²) >= 11 is 10.8. The molecule has 0 aliphatic rings. The van der Waals surface area contributed by atoms with Crippen LogP contribution in [0.4, 0.5) is 0 Å². The fourth-order valence-corrected chi connectivity index (χ4v) is 69.3. The van der Waals surface area contributed by atoms with Crippen molar-refractivity contribution in [2.75, 3.05) is 0 Å². The number of nitrogens with zero attached hydrogens (tertiary/aromatic N) is 4. The molecule has 4 aromatic heterocycles. The van der Waals surface area contributed by atoms with Crippen LogP contribution in [0.1, 0.15) is 252 Å². The fourth-order valence-electron chi connectivity index (χ4n) is 9.69. The molecule has 454 valence electrons. The van der Waals surface area contributed by atoms with Crippen LogP contribution in [0.25, 0.3) is 0 Å². The Labute approximate surface area is 549 Å². The van der Waals surface area contributed by atoms with Gasteiger partial charge in [-0.15, -0.1) is 22.7 Å². The second-order valence-corrected chi connectivity index (χ2v) is 73.4. The molecule has 4 heterocycles. The number of aromatic nitrogens is 4. The van der Waals surface area contributed by atoms with Gasteiger partial charge in [0, 0.05) is 10.8 Å². The summed E-state index contributed by atoms with van der Waals surface area (Å²) in [5.41, 5.74) is 0. The SMILES string of the molecule is Brc1csc(Br)n1.CCC[CH2][Sn]([CH2]CCC)([CH2]CCC)[c]1cnc(C)s1.CCC[CH2][Sn]([CH2]CCC)([CH2]CCC)[c]1csc(C)n1.CCC[CH2][Sn]([CH2]CCC)[CH2]CCC.CCC[CH2][Sn]([CH2]CCC)[CH2]CCC.Cc1nc(Br)cs1. The normalized spacial score (nSPS) is 11.2. The Kier molecular flexibility index (Phi) is 61.7. The summed E-state index contributed by atoms with van der Waals surface area (Å²) in [6.45, 7) is 34.4. The van der Waals surface area contributed by atoms with Gasteiger partial charge in [-0.25, -0.2) is 9.97 Å². The van der Waals surface area contributed by atoms with Crippen molar-refractivity contribution in [1.29, 1.82) is 0 Å². The van der Waals surface area contributed by atoms with Crippen molar-refractivity contribution < 1.29 is 0 Å². The molecule has 0 spiro atoms. The largest absolute Gasteiger partial charge is 0.235 e. The van der Waals surface area contributed by atoms with Gasteiger partial charge >= 0.3 is 441 Å². The third kappa shape index (κ3) is 43.7.